The van der Waals surface area contributed by atoms with Crippen LogP contribution in [0.5, 0.6) is 0 Å². The summed E-state index contributed by atoms with van der Waals surface area (Å²) in [5, 5.41) is 0. The zero-order valence-corrected chi connectivity index (χ0v) is 7.52. The SMILES string of the molecule is C=CC(C)=CC(C)C(C)C. The first kappa shape index (κ1) is 9.48. The molecule has 0 rings (SSSR count). The summed E-state index contributed by atoms with van der Waals surface area (Å²) in [6.45, 7) is 12.5. The first-order valence-electron chi connectivity index (χ1n) is 3.88. The maximum Gasteiger partial charge on any atom is -0.0233 e. The molecular formula is C10H18. The van der Waals surface area contributed by atoms with Gasteiger partial charge in [-0.1, -0.05) is 45.1 Å². The lowest BCUT2D eigenvalue weighted by Gasteiger charge is -2.10. The molecule has 0 saturated carbocycles. The van der Waals surface area contributed by atoms with Crippen molar-refractivity contribution < 1.29 is 0 Å². The molecule has 10 heavy (non-hydrogen) atoms. The minimum absolute atomic E-state index is 0.665. The molecule has 0 aromatic heterocycles. The van der Waals surface area contributed by atoms with Gasteiger partial charge < -0.3 is 0 Å². The molecule has 0 amide bonds. The van der Waals surface area contributed by atoms with Gasteiger partial charge in [0.2, 0.25) is 0 Å². The molecule has 0 aromatic rings. The first-order valence-corrected chi connectivity index (χ1v) is 3.88. The molecule has 0 aliphatic rings. The molecule has 0 N–H and O–H groups in total. The van der Waals surface area contributed by atoms with Gasteiger partial charge in [0, 0.05) is 0 Å². The Bertz CT molecular complexity index is 129. The van der Waals surface area contributed by atoms with Gasteiger partial charge in [0.15, 0.2) is 0 Å². The monoisotopic (exact) mass is 138 g/mol. The third-order valence-corrected chi connectivity index (χ3v) is 1.90. The highest BCUT2D eigenvalue weighted by molar-refractivity contribution is 5.13. The van der Waals surface area contributed by atoms with E-state index in [0.29, 0.717) is 5.92 Å². The van der Waals surface area contributed by atoms with Crippen molar-refractivity contribution in [3.05, 3.63) is 24.3 Å². The minimum Gasteiger partial charge on any atom is -0.0988 e. The summed E-state index contributed by atoms with van der Waals surface area (Å²) in [5.74, 6) is 1.40. The highest BCUT2D eigenvalue weighted by Gasteiger charge is 2.01. The van der Waals surface area contributed by atoms with Crippen molar-refractivity contribution in [2.45, 2.75) is 27.7 Å². The van der Waals surface area contributed by atoms with Crippen LogP contribution in [0.2, 0.25) is 0 Å². The van der Waals surface area contributed by atoms with E-state index in [0.717, 1.165) is 5.92 Å². The van der Waals surface area contributed by atoms with E-state index in [2.05, 4.69) is 40.3 Å². The fraction of sp³-hybridized carbons (Fsp3) is 0.600. The number of allylic oxidation sites excluding steroid dienone is 3. The van der Waals surface area contributed by atoms with Gasteiger partial charge in [-0.3, -0.25) is 0 Å². The normalized spacial score (nSPS) is 15.5. The Balaban J connectivity index is 3.98. The van der Waals surface area contributed by atoms with Crippen LogP contribution in [0.3, 0.4) is 0 Å². The van der Waals surface area contributed by atoms with Gasteiger partial charge in [0.1, 0.15) is 0 Å². The minimum atomic E-state index is 0.665. The van der Waals surface area contributed by atoms with Crippen molar-refractivity contribution in [1.82, 2.24) is 0 Å². The molecule has 0 saturated heterocycles. The standard InChI is InChI=1S/C10H18/c1-6-9(4)7-10(5)8(2)3/h6-8,10H,1H2,2-5H3. The van der Waals surface area contributed by atoms with Crippen LogP contribution in [0, 0.1) is 11.8 Å². The van der Waals surface area contributed by atoms with E-state index >= 15 is 0 Å². The Morgan fingerprint density at radius 2 is 1.80 bits per heavy atom. The van der Waals surface area contributed by atoms with Crippen LogP contribution < -0.4 is 0 Å². The maximum atomic E-state index is 3.70. The summed E-state index contributed by atoms with van der Waals surface area (Å²) >= 11 is 0. The van der Waals surface area contributed by atoms with Crippen LogP contribution in [0.25, 0.3) is 0 Å². The first-order chi connectivity index (χ1) is 4.57. The topological polar surface area (TPSA) is 0 Å². The Morgan fingerprint density at radius 1 is 1.30 bits per heavy atom. The average molecular weight is 138 g/mol. The van der Waals surface area contributed by atoms with Crippen molar-refractivity contribution in [3.63, 3.8) is 0 Å². The summed E-state index contributed by atoms with van der Waals surface area (Å²) in [4.78, 5) is 0. The maximum absolute atomic E-state index is 3.70. The Kier molecular flexibility index (Phi) is 4.10. The fourth-order valence-corrected chi connectivity index (χ4v) is 0.675. The molecule has 1 unspecified atom stereocenters. The molecule has 0 radical (unpaired) electrons. The third-order valence-electron chi connectivity index (χ3n) is 1.90. The van der Waals surface area contributed by atoms with Crippen LogP contribution in [-0.4, -0.2) is 0 Å². The summed E-state index contributed by atoms with van der Waals surface area (Å²) in [5.41, 5.74) is 1.28. The Hall–Kier alpha value is -0.520. The van der Waals surface area contributed by atoms with Crippen molar-refractivity contribution in [3.8, 4) is 0 Å². The van der Waals surface area contributed by atoms with Crippen LogP contribution in [0.1, 0.15) is 27.7 Å². The second-order valence-corrected chi connectivity index (χ2v) is 3.22. The van der Waals surface area contributed by atoms with Gasteiger partial charge in [0.25, 0.3) is 0 Å². The van der Waals surface area contributed by atoms with E-state index in [-0.39, 0.29) is 0 Å². The van der Waals surface area contributed by atoms with Gasteiger partial charge in [0.05, 0.1) is 0 Å². The van der Waals surface area contributed by atoms with E-state index in [1.807, 2.05) is 6.08 Å². The molecule has 1 atom stereocenters. The van der Waals surface area contributed by atoms with Crippen LogP contribution in [0.15, 0.2) is 24.3 Å². The van der Waals surface area contributed by atoms with E-state index < -0.39 is 0 Å². The van der Waals surface area contributed by atoms with Gasteiger partial charge in [-0.15, -0.1) is 0 Å². The molecule has 58 valence electrons. The van der Waals surface area contributed by atoms with Crippen LogP contribution in [0.4, 0.5) is 0 Å². The summed E-state index contributed by atoms with van der Waals surface area (Å²) in [6, 6.07) is 0. The summed E-state index contributed by atoms with van der Waals surface area (Å²) < 4.78 is 0. The summed E-state index contributed by atoms with van der Waals surface area (Å²) in [7, 11) is 0. The van der Waals surface area contributed by atoms with Gasteiger partial charge >= 0.3 is 0 Å². The molecule has 0 aromatic carbocycles. The number of hydrogen-bond donors (Lipinski definition) is 0. The van der Waals surface area contributed by atoms with E-state index in [9.17, 15) is 0 Å². The highest BCUT2D eigenvalue weighted by atomic mass is 14.1. The Morgan fingerprint density at radius 3 is 2.10 bits per heavy atom. The van der Waals surface area contributed by atoms with Crippen molar-refractivity contribution >= 4 is 0 Å². The molecule has 0 fully saturated rings. The lowest BCUT2D eigenvalue weighted by molar-refractivity contribution is 0.502. The number of rotatable bonds is 3. The smallest absolute Gasteiger partial charge is 0.0233 e. The molecular weight excluding hydrogens is 120 g/mol. The molecule has 0 spiro atoms. The average Bonchev–Trinajstić information content (AvgIpc) is 1.87. The van der Waals surface area contributed by atoms with Crippen LogP contribution >= 0.6 is 0 Å². The molecule has 0 heterocycles. The molecule has 0 heteroatoms. The predicted octanol–water partition coefficient (Wildman–Crippen LogP) is 3.41. The zero-order valence-electron chi connectivity index (χ0n) is 7.52. The van der Waals surface area contributed by atoms with Crippen molar-refractivity contribution in [1.29, 1.82) is 0 Å². The summed E-state index contributed by atoms with van der Waals surface area (Å²) in [6.07, 6.45) is 4.16. The Labute approximate surface area is 64.6 Å². The van der Waals surface area contributed by atoms with Crippen molar-refractivity contribution in [2.24, 2.45) is 11.8 Å². The van der Waals surface area contributed by atoms with Crippen LogP contribution in [-0.2, 0) is 0 Å². The lowest BCUT2D eigenvalue weighted by atomic mass is 9.96. The second-order valence-electron chi connectivity index (χ2n) is 3.22. The molecule has 0 bridgehead atoms. The lowest BCUT2D eigenvalue weighted by Crippen LogP contribution is -1.99. The van der Waals surface area contributed by atoms with Crippen molar-refractivity contribution in [2.75, 3.05) is 0 Å². The third kappa shape index (κ3) is 3.49. The molecule has 0 aliphatic carbocycles. The largest absolute Gasteiger partial charge is 0.0988 e. The van der Waals surface area contributed by atoms with E-state index in [4.69, 9.17) is 0 Å². The quantitative estimate of drug-likeness (QED) is 0.524. The van der Waals surface area contributed by atoms with E-state index in [1.165, 1.54) is 5.57 Å². The molecule has 0 aliphatic heterocycles. The highest BCUT2D eigenvalue weighted by Crippen LogP contribution is 2.13. The fourth-order valence-electron chi connectivity index (χ4n) is 0.675. The van der Waals surface area contributed by atoms with Gasteiger partial charge in [-0.25, -0.2) is 0 Å². The zero-order chi connectivity index (χ0) is 8.15. The van der Waals surface area contributed by atoms with Gasteiger partial charge in [-0.05, 0) is 18.8 Å². The number of hydrogen-bond acceptors (Lipinski definition) is 0. The second kappa shape index (κ2) is 4.32. The van der Waals surface area contributed by atoms with E-state index in [1.54, 1.807) is 0 Å². The molecule has 0 nitrogen and oxygen atoms in total. The van der Waals surface area contributed by atoms with Gasteiger partial charge in [-0.2, -0.15) is 0 Å². The predicted molar refractivity (Wildman–Crippen MR) is 48.0 cm³/mol.